The van der Waals surface area contributed by atoms with Gasteiger partial charge >= 0.3 is 0 Å². The molecular weight excluding hydrogens is 250 g/mol. The van der Waals surface area contributed by atoms with Gasteiger partial charge in [-0.1, -0.05) is 24.3 Å². The molecule has 0 saturated carbocycles. The standard InChI is InChI=1S/C16H15N3O/c1-19-15-8-3-2-7-13(15)14(10-16(19)20)18-11-12-6-4-5-9-17-12/h2-10,18H,11H2,1H3. The second-order valence-corrected chi connectivity index (χ2v) is 4.65. The summed E-state index contributed by atoms with van der Waals surface area (Å²) in [4.78, 5) is 16.2. The van der Waals surface area contributed by atoms with Crippen LogP contribution in [0.5, 0.6) is 0 Å². The largest absolute Gasteiger partial charge is 0.379 e. The number of fused-ring (bicyclic) bond motifs is 1. The van der Waals surface area contributed by atoms with Gasteiger partial charge in [-0.3, -0.25) is 9.78 Å². The SMILES string of the molecule is Cn1c(=O)cc(NCc2ccccn2)c2ccccc21. The number of aromatic nitrogens is 2. The van der Waals surface area contributed by atoms with Crippen molar-refractivity contribution < 1.29 is 0 Å². The number of hydrogen-bond acceptors (Lipinski definition) is 3. The Labute approximate surface area is 116 Å². The van der Waals surface area contributed by atoms with Gasteiger partial charge in [0.25, 0.3) is 5.56 Å². The Morgan fingerprint density at radius 1 is 1.15 bits per heavy atom. The van der Waals surface area contributed by atoms with E-state index in [1.54, 1.807) is 23.9 Å². The number of rotatable bonds is 3. The normalized spacial score (nSPS) is 10.7. The predicted octanol–water partition coefficient (Wildman–Crippen LogP) is 2.55. The van der Waals surface area contributed by atoms with Gasteiger partial charge in [-0.05, 0) is 18.2 Å². The molecule has 1 aromatic carbocycles. The summed E-state index contributed by atoms with van der Waals surface area (Å²) in [5, 5.41) is 4.33. The van der Waals surface area contributed by atoms with Crippen LogP contribution in [-0.4, -0.2) is 9.55 Å². The van der Waals surface area contributed by atoms with Crippen molar-refractivity contribution >= 4 is 16.6 Å². The van der Waals surface area contributed by atoms with Crippen molar-refractivity contribution in [2.24, 2.45) is 7.05 Å². The van der Waals surface area contributed by atoms with Crippen molar-refractivity contribution in [3.8, 4) is 0 Å². The molecule has 0 atom stereocenters. The average molecular weight is 265 g/mol. The number of nitrogens with one attached hydrogen (secondary N) is 1. The lowest BCUT2D eigenvalue weighted by molar-refractivity contribution is 0.905. The number of nitrogens with zero attached hydrogens (tertiary/aromatic N) is 2. The summed E-state index contributed by atoms with van der Waals surface area (Å²) in [6, 6.07) is 15.3. The molecule has 1 N–H and O–H groups in total. The third kappa shape index (κ3) is 2.28. The Hall–Kier alpha value is -2.62. The summed E-state index contributed by atoms with van der Waals surface area (Å²) >= 11 is 0. The molecule has 0 spiro atoms. The summed E-state index contributed by atoms with van der Waals surface area (Å²) < 4.78 is 1.65. The van der Waals surface area contributed by atoms with Crippen molar-refractivity contribution in [3.05, 3.63) is 70.8 Å². The molecule has 0 amide bonds. The number of para-hydroxylation sites is 1. The quantitative estimate of drug-likeness (QED) is 0.791. The number of pyridine rings is 2. The zero-order valence-corrected chi connectivity index (χ0v) is 11.2. The minimum Gasteiger partial charge on any atom is -0.379 e. The first-order valence-electron chi connectivity index (χ1n) is 6.48. The lowest BCUT2D eigenvalue weighted by atomic mass is 10.1. The fraction of sp³-hybridized carbons (Fsp3) is 0.125. The summed E-state index contributed by atoms with van der Waals surface area (Å²) in [5.74, 6) is 0. The Balaban J connectivity index is 2.00. The summed E-state index contributed by atoms with van der Waals surface area (Å²) in [7, 11) is 1.78. The topological polar surface area (TPSA) is 46.9 Å². The van der Waals surface area contributed by atoms with Crippen LogP contribution in [0.2, 0.25) is 0 Å². The minimum absolute atomic E-state index is 0.0211. The molecule has 0 unspecified atom stereocenters. The van der Waals surface area contributed by atoms with Gasteiger partial charge in [0, 0.05) is 30.4 Å². The lowest BCUT2D eigenvalue weighted by Gasteiger charge is -2.11. The van der Waals surface area contributed by atoms with Crippen LogP contribution in [0.3, 0.4) is 0 Å². The first-order valence-corrected chi connectivity index (χ1v) is 6.48. The zero-order valence-electron chi connectivity index (χ0n) is 11.2. The summed E-state index contributed by atoms with van der Waals surface area (Å²) in [6.07, 6.45) is 1.76. The van der Waals surface area contributed by atoms with E-state index in [-0.39, 0.29) is 5.56 Å². The van der Waals surface area contributed by atoms with Crippen LogP contribution in [0.4, 0.5) is 5.69 Å². The molecule has 4 heteroatoms. The molecule has 0 bridgehead atoms. The van der Waals surface area contributed by atoms with Gasteiger partial charge < -0.3 is 9.88 Å². The monoisotopic (exact) mass is 265 g/mol. The minimum atomic E-state index is -0.0211. The second kappa shape index (κ2) is 5.17. The molecule has 2 aromatic heterocycles. The van der Waals surface area contributed by atoms with Gasteiger partial charge in [-0.15, -0.1) is 0 Å². The first kappa shape index (κ1) is 12.4. The Morgan fingerprint density at radius 3 is 2.75 bits per heavy atom. The third-order valence-electron chi connectivity index (χ3n) is 3.34. The van der Waals surface area contributed by atoms with Crippen LogP contribution in [-0.2, 0) is 13.6 Å². The highest BCUT2D eigenvalue weighted by molar-refractivity contribution is 5.91. The van der Waals surface area contributed by atoms with E-state index in [0.29, 0.717) is 6.54 Å². The van der Waals surface area contributed by atoms with Crippen molar-refractivity contribution in [1.82, 2.24) is 9.55 Å². The molecule has 0 radical (unpaired) electrons. The molecule has 2 heterocycles. The molecule has 0 fully saturated rings. The van der Waals surface area contributed by atoms with E-state index in [4.69, 9.17) is 0 Å². The maximum Gasteiger partial charge on any atom is 0.252 e. The Bertz CT molecular complexity index is 794. The van der Waals surface area contributed by atoms with Gasteiger partial charge in [0.2, 0.25) is 0 Å². The van der Waals surface area contributed by atoms with Crippen molar-refractivity contribution in [3.63, 3.8) is 0 Å². The maximum absolute atomic E-state index is 12.0. The smallest absolute Gasteiger partial charge is 0.252 e. The highest BCUT2D eigenvalue weighted by atomic mass is 16.1. The van der Waals surface area contributed by atoms with E-state index in [1.165, 1.54) is 0 Å². The molecule has 100 valence electrons. The van der Waals surface area contributed by atoms with Crippen LogP contribution >= 0.6 is 0 Å². The summed E-state index contributed by atoms with van der Waals surface area (Å²) in [6.45, 7) is 0.595. The number of aryl methyl sites for hydroxylation is 1. The fourth-order valence-electron chi connectivity index (χ4n) is 2.25. The van der Waals surface area contributed by atoms with E-state index in [9.17, 15) is 4.79 Å². The number of hydrogen-bond donors (Lipinski definition) is 1. The molecule has 3 aromatic rings. The van der Waals surface area contributed by atoms with E-state index < -0.39 is 0 Å². The van der Waals surface area contributed by atoms with Gasteiger partial charge in [0.15, 0.2) is 0 Å². The second-order valence-electron chi connectivity index (χ2n) is 4.65. The molecular formula is C16H15N3O. The lowest BCUT2D eigenvalue weighted by Crippen LogP contribution is -2.17. The Morgan fingerprint density at radius 2 is 1.95 bits per heavy atom. The first-order chi connectivity index (χ1) is 9.75. The fourth-order valence-corrected chi connectivity index (χ4v) is 2.25. The van der Waals surface area contributed by atoms with Crippen LogP contribution < -0.4 is 10.9 Å². The van der Waals surface area contributed by atoms with Gasteiger partial charge in [0.05, 0.1) is 17.8 Å². The van der Waals surface area contributed by atoms with Crippen LogP contribution in [0, 0.1) is 0 Å². The van der Waals surface area contributed by atoms with Crippen LogP contribution in [0.15, 0.2) is 59.5 Å². The zero-order chi connectivity index (χ0) is 13.9. The molecule has 4 nitrogen and oxygen atoms in total. The van der Waals surface area contributed by atoms with E-state index in [1.807, 2.05) is 42.5 Å². The van der Waals surface area contributed by atoms with Gasteiger partial charge in [0.1, 0.15) is 0 Å². The highest BCUT2D eigenvalue weighted by Crippen LogP contribution is 2.21. The molecule has 3 rings (SSSR count). The third-order valence-corrected chi connectivity index (χ3v) is 3.34. The van der Waals surface area contributed by atoms with E-state index in [2.05, 4.69) is 10.3 Å². The average Bonchev–Trinajstić information content (AvgIpc) is 2.50. The van der Waals surface area contributed by atoms with Gasteiger partial charge in [-0.25, -0.2) is 0 Å². The molecule has 0 aliphatic heterocycles. The summed E-state index contributed by atoms with van der Waals surface area (Å²) in [5.41, 5.74) is 2.68. The molecule has 0 aliphatic carbocycles. The Kier molecular flexibility index (Phi) is 3.21. The van der Waals surface area contributed by atoms with Crippen molar-refractivity contribution in [2.75, 3.05) is 5.32 Å². The molecule has 0 aliphatic rings. The number of anilines is 1. The van der Waals surface area contributed by atoms with Crippen LogP contribution in [0.25, 0.3) is 10.9 Å². The number of benzene rings is 1. The molecule has 0 saturated heterocycles. The van der Waals surface area contributed by atoms with E-state index in [0.717, 1.165) is 22.3 Å². The maximum atomic E-state index is 12.0. The van der Waals surface area contributed by atoms with Crippen molar-refractivity contribution in [1.29, 1.82) is 0 Å². The highest BCUT2D eigenvalue weighted by Gasteiger charge is 2.05. The van der Waals surface area contributed by atoms with E-state index >= 15 is 0 Å². The van der Waals surface area contributed by atoms with Crippen LogP contribution in [0.1, 0.15) is 5.69 Å². The van der Waals surface area contributed by atoms with Crippen molar-refractivity contribution in [2.45, 2.75) is 6.54 Å². The molecule has 20 heavy (non-hydrogen) atoms. The van der Waals surface area contributed by atoms with Gasteiger partial charge in [-0.2, -0.15) is 0 Å². The predicted molar refractivity (Wildman–Crippen MR) is 80.8 cm³/mol.